The number of hydrogen-bond donors (Lipinski definition) is 1. The molecule has 0 fully saturated rings. The van der Waals surface area contributed by atoms with Crippen LogP contribution < -0.4 is 19.7 Å². The van der Waals surface area contributed by atoms with Crippen molar-refractivity contribution in [2.24, 2.45) is 0 Å². The molecule has 0 unspecified atom stereocenters. The van der Waals surface area contributed by atoms with Gasteiger partial charge in [-0.2, -0.15) is 0 Å². The number of benzene rings is 2. The fraction of sp³-hybridized carbons (Fsp3) is 0.316. The number of nitrogens with one attached hydrogen (secondary N) is 1. The van der Waals surface area contributed by atoms with Crippen LogP contribution in [-0.4, -0.2) is 39.0 Å². The Morgan fingerprint density at radius 1 is 1.20 bits per heavy atom. The molecule has 0 saturated heterocycles. The fourth-order valence-electron chi connectivity index (χ4n) is 2.83. The van der Waals surface area contributed by atoms with Crippen LogP contribution >= 0.6 is 11.8 Å². The molecule has 1 aliphatic rings. The summed E-state index contributed by atoms with van der Waals surface area (Å²) >= 11 is 1.85. The molecule has 1 N–H and O–H groups in total. The molecule has 0 radical (unpaired) electrons. The van der Waals surface area contributed by atoms with Crippen LogP contribution in [0.25, 0.3) is 0 Å². The Kier molecular flexibility index (Phi) is 5.71. The number of rotatable bonds is 5. The van der Waals surface area contributed by atoms with Gasteiger partial charge in [0.2, 0.25) is 5.91 Å². The highest BCUT2D eigenvalue weighted by atomic mass is 32.2. The second kappa shape index (κ2) is 8.16. The second-order valence-corrected chi connectivity index (χ2v) is 6.84. The summed E-state index contributed by atoms with van der Waals surface area (Å²) in [6, 6.07) is 13.6. The molecular formula is C19H22N2O3S. The van der Waals surface area contributed by atoms with Crippen LogP contribution in [0, 0.1) is 0 Å². The minimum atomic E-state index is -0.0647. The first-order chi connectivity index (χ1) is 12.2. The summed E-state index contributed by atoms with van der Waals surface area (Å²) in [5, 5.41) is 2.94. The third kappa shape index (κ3) is 4.20. The number of anilines is 2. The second-order valence-electron chi connectivity index (χ2n) is 5.71. The van der Waals surface area contributed by atoms with E-state index in [4.69, 9.17) is 9.47 Å². The number of fused-ring (bicyclic) bond motifs is 1. The van der Waals surface area contributed by atoms with Crippen molar-refractivity contribution in [3.8, 4) is 11.5 Å². The van der Waals surface area contributed by atoms with Gasteiger partial charge >= 0.3 is 0 Å². The average molecular weight is 358 g/mol. The summed E-state index contributed by atoms with van der Waals surface area (Å²) < 4.78 is 10.5. The number of nitrogens with zero attached hydrogens (tertiary/aromatic N) is 1. The molecule has 1 aliphatic heterocycles. The zero-order valence-corrected chi connectivity index (χ0v) is 15.3. The molecule has 5 nitrogen and oxygen atoms in total. The van der Waals surface area contributed by atoms with E-state index in [0.717, 1.165) is 24.4 Å². The number of ether oxygens (including phenoxy) is 2. The summed E-state index contributed by atoms with van der Waals surface area (Å²) in [6.45, 7) is 1.18. The maximum atomic E-state index is 12.6. The van der Waals surface area contributed by atoms with Crippen LogP contribution in [0.15, 0.2) is 47.4 Å². The van der Waals surface area contributed by atoms with Crippen molar-refractivity contribution in [1.82, 2.24) is 0 Å². The van der Waals surface area contributed by atoms with E-state index in [9.17, 15) is 4.79 Å². The molecule has 132 valence electrons. The predicted octanol–water partition coefficient (Wildman–Crippen LogP) is 3.64. The first-order valence-corrected chi connectivity index (χ1v) is 9.18. The van der Waals surface area contributed by atoms with Crippen molar-refractivity contribution in [3.05, 3.63) is 42.5 Å². The van der Waals surface area contributed by atoms with Crippen molar-refractivity contribution in [1.29, 1.82) is 0 Å². The Balaban J connectivity index is 1.73. The molecule has 0 aromatic heterocycles. The fourth-order valence-corrected chi connectivity index (χ4v) is 3.84. The maximum Gasteiger partial charge on any atom is 0.243 e. The molecule has 0 saturated carbocycles. The van der Waals surface area contributed by atoms with E-state index in [1.54, 1.807) is 32.4 Å². The maximum absolute atomic E-state index is 12.6. The van der Waals surface area contributed by atoms with Crippen LogP contribution in [0.1, 0.15) is 6.42 Å². The zero-order valence-electron chi connectivity index (χ0n) is 14.5. The first-order valence-electron chi connectivity index (χ1n) is 8.20. The summed E-state index contributed by atoms with van der Waals surface area (Å²) in [5.41, 5.74) is 1.77. The lowest BCUT2D eigenvalue weighted by molar-refractivity contribution is -0.115. The molecule has 0 spiro atoms. The normalized spacial score (nSPS) is 13.6. The van der Waals surface area contributed by atoms with E-state index in [0.29, 0.717) is 23.7 Å². The van der Waals surface area contributed by atoms with Crippen LogP contribution in [0.2, 0.25) is 0 Å². The van der Waals surface area contributed by atoms with E-state index in [1.807, 2.05) is 23.9 Å². The Hall–Kier alpha value is -2.34. The Morgan fingerprint density at radius 3 is 2.84 bits per heavy atom. The van der Waals surface area contributed by atoms with Gasteiger partial charge in [0.05, 0.1) is 32.1 Å². The third-order valence-corrected chi connectivity index (χ3v) is 5.20. The van der Waals surface area contributed by atoms with Gasteiger partial charge in [0.25, 0.3) is 0 Å². The number of thioether (sulfide) groups is 1. The van der Waals surface area contributed by atoms with Gasteiger partial charge in [-0.1, -0.05) is 12.1 Å². The number of methoxy groups -OCH3 is 2. The number of carbonyl (C=O) groups is 1. The van der Waals surface area contributed by atoms with Gasteiger partial charge in [-0.05, 0) is 36.4 Å². The predicted molar refractivity (Wildman–Crippen MR) is 102 cm³/mol. The van der Waals surface area contributed by atoms with Gasteiger partial charge < -0.3 is 19.7 Å². The highest BCUT2D eigenvalue weighted by Gasteiger charge is 2.18. The largest absolute Gasteiger partial charge is 0.497 e. The monoisotopic (exact) mass is 358 g/mol. The van der Waals surface area contributed by atoms with E-state index < -0.39 is 0 Å². The van der Waals surface area contributed by atoms with E-state index in [-0.39, 0.29) is 5.91 Å². The zero-order chi connectivity index (χ0) is 17.6. The lowest BCUT2D eigenvalue weighted by Crippen LogP contribution is -2.34. The van der Waals surface area contributed by atoms with Gasteiger partial charge in [-0.3, -0.25) is 4.79 Å². The topological polar surface area (TPSA) is 50.8 Å². The van der Waals surface area contributed by atoms with Crippen LogP contribution in [-0.2, 0) is 4.79 Å². The SMILES string of the molecule is COc1ccc(NC(=O)CN2CCCSc3ccccc32)c(OC)c1. The number of para-hydroxylation sites is 1. The Labute approximate surface area is 152 Å². The summed E-state index contributed by atoms with van der Waals surface area (Å²) in [7, 11) is 3.18. The molecule has 0 atom stereocenters. The van der Waals surface area contributed by atoms with Crippen molar-refractivity contribution in [2.75, 3.05) is 43.3 Å². The van der Waals surface area contributed by atoms with Gasteiger partial charge in [0, 0.05) is 17.5 Å². The first kappa shape index (κ1) is 17.5. The lowest BCUT2D eigenvalue weighted by Gasteiger charge is -2.24. The van der Waals surface area contributed by atoms with Gasteiger partial charge in [-0.25, -0.2) is 0 Å². The number of hydrogen-bond acceptors (Lipinski definition) is 5. The molecule has 0 aliphatic carbocycles. The molecule has 1 amide bonds. The van der Waals surface area contributed by atoms with Gasteiger partial charge in [0.1, 0.15) is 11.5 Å². The Bertz CT molecular complexity index is 751. The number of carbonyl (C=O) groups excluding carboxylic acids is 1. The Morgan fingerprint density at radius 2 is 2.04 bits per heavy atom. The molecule has 25 heavy (non-hydrogen) atoms. The minimum absolute atomic E-state index is 0.0647. The standard InChI is InChI=1S/C19H22N2O3S/c1-23-14-8-9-15(17(12-14)24-2)20-19(22)13-21-10-5-11-25-18-7-4-3-6-16(18)21/h3-4,6-9,12H,5,10-11,13H2,1-2H3,(H,20,22). The summed E-state index contributed by atoms with van der Waals surface area (Å²) in [5.74, 6) is 2.28. The molecule has 2 aromatic rings. The molecule has 3 rings (SSSR count). The van der Waals surface area contributed by atoms with Crippen LogP contribution in [0.5, 0.6) is 11.5 Å². The highest BCUT2D eigenvalue weighted by Crippen LogP contribution is 2.33. The van der Waals surface area contributed by atoms with E-state index >= 15 is 0 Å². The van der Waals surface area contributed by atoms with Crippen LogP contribution in [0.4, 0.5) is 11.4 Å². The summed E-state index contributed by atoms with van der Waals surface area (Å²) in [6.07, 6.45) is 1.05. The number of amides is 1. The van der Waals surface area contributed by atoms with Crippen molar-refractivity contribution in [2.45, 2.75) is 11.3 Å². The molecule has 1 heterocycles. The summed E-state index contributed by atoms with van der Waals surface area (Å²) in [4.78, 5) is 15.9. The van der Waals surface area contributed by atoms with Crippen molar-refractivity contribution >= 4 is 29.0 Å². The average Bonchev–Trinajstić information content (AvgIpc) is 2.84. The molecule has 2 aromatic carbocycles. The van der Waals surface area contributed by atoms with Gasteiger partial charge in [0.15, 0.2) is 0 Å². The van der Waals surface area contributed by atoms with Crippen molar-refractivity contribution in [3.63, 3.8) is 0 Å². The highest BCUT2D eigenvalue weighted by molar-refractivity contribution is 7.99. The smallest absolute Gasteiger partial charge is 0.243 e. The quantitative estimate of drug-likeness (QED) is 0.884. The lowest BCUT2D eigenvalue weighted by atomic mass is 10.2. The van der Waals surface area contributed by atoms with Crippen molar-refractivity contribution < 1.29 is 14.3 Å². The van der Waals surface area contributed by atoms with Crippen LogP contribution in [0.3, 0.4) is 0 Å². The minimum Gasteiger partial charge on any atom is -0.497 e. The molecular weight excluding hydrogens is 336 g/mol. The van der Waals surface area contributed by atoms with E-state index in [1.165, 1.54) is 4.90 Å². The van der Waals surface area contributed by atoms with E-state index in [2.05, 4.69) is 22.3 Å². The molecule has 6 heteroatoms. The third-order valence-electron chi connectivity index (χ3n) is 4.05. The van der Waals surface area contributed by atoms with Gasteiger partial charge in [-0.15, -0.1) is 11.8 Å². The molecule has 0 bridgehead atoms.